The lowest BCUT2D eigenvalue weighted by atomic mass is 10.1. The van der Waals surface area contributed by atoms with Gasteiger partial charge in [-0.05, 0) is 60.9 Å². The van der Waals surface area contributed by atoms with Gasteiger partial charge in [0, 0.05) is 43.8 Å². The third-order valence-corrected chi connectivity index (χ3v) is 4.16. The summed E-state index contributed by atoms with van der Waals surface area (Å²) in [5.74, 6) is 0. The Kier molecular flexibility index (Phi) is 6.78. The SMILES string of the molecule is CC(C)N1CCN(C(C)CCCNC(C)(C)C)CC1. The molecular formula is C16H35N3. The van der Waals surface area contributed by atoms with Crippen LogP contribution in [0.25, 0.3) is 0 Å². The zero-order valence-corrected chi connectivity index (χ0v) is 14.0. The highest BCUT2D eigenvalue weighted by Gasteiger charge is 2.22. The van der Waals surface area contributed by atoms with E-state index in [1.807, 2.05) is 0 Å². The molecule has 0 saturated carbocycles. The lowest BCUT2D eigenvalue weighted by Gasteiger charge is -2.40. The van der Waals surface area contributed by atoms with Crippen molar-refractivity contribution in [1.82, 2.24) is 15.1 Å². The van der Waals surface area contributed by atoms with Crippen molar-refractivity contribution in [3.8, 4) is 0 Å². The van der Waals surface area contributed by atoms with Crippen LogP contribution in [0.15, 0.2) is 0 Å². The molecule has 1 aliphatic rings. The van der Waals surface area contributed by atoms with Crippen molar-refractivity contribution in [2.24, 2.45) is 0 Å². The molecule has 0 radical (unpaired) electrons. The average molecular weight is 269 g/mol. The van der Waals surface area contributed by atoms with Crippen LogP contribution in [0.5, 0.6) is 0 Å². The fourth-order valence-electron chi connectivity index (χ4n) is 2.74. The Morgan fingerprint density at radius 2 is 1.47 bits per heavy atom. The first-order valence-corrected chi connectivity index (χ1v) is 8.03. The van der Waals surface area contributed by atoms with Gasteiger partial charge in [0.15, 0.2) is 0 Å². The predicted molar refractivity (Wildman–Crippen MR) is 84.7 cm³/mol. The van der Waals surface area contributed by atoms with Crippen LogP contribution in [0, 0.1) is 0 Å². The van der Waals surface area contributed by atoms with E-state index in [0.717, 1.165) is 12.6 Å². The van der Waals surface area contributed by atoms with Crippen molar-refractivity contribution in [2.45, 2.75) is 72.0 Å². The minimum absolute atomic E-state index is 0.256. The van der Waals surface area contributed by atoms with Gasteiger partial charge in [0.1, 0.15) is 0 Å². The van der Waals surface area contributed by atoms with Crippen LogP contribution in [0.4, 0.5) is 0 Å². The Morgan fingerprint density at radius 3 is 1.95 bits per heavy atom. The third kappa shape index (κ3) is 6.73. The largest absolute Gasteiger partial charge is 0.312 e. The quantitative estimate of drug-likeness (QED) is 0.748. The van der Waals surface area contributed by atoms with Crippen molar-refractivity contribution >= 4 is 0 Å². The lowest BCUT2D eigenvalue weighted by Crippen LogP contribution is -2.51. The summed E-state index contributed by atoms with van der Waals surface area (Å²) >= 11 is 0. The Bertz CT molecular complexity index is 237. The lowest BCUT2D eigenvalue weighted by molar-refractivity contribution is 0.0799. The van der Waals surface area contributed by atoms with Gasteiger partial charge >= 0.3 is 0 Å². The van der Waals surface area contributed by atoms with Crippen LogP contribution in [-0.4, -0.2) is 60.1 Å². The average Bonchev–Trinajstić information content (AvgIpc) is 2.33. The highest BCUT2D eigenvalue weighted by atomic mass is 15.3. The second-order valence-corrected chi connectivity index (χ2v) is 7.33. The second kappa shape index (κ2) is 7.61. The molecule has 114 valence electrons. The molecule has 1 aliphatic heterocycles. The number of hydrogen-bond acceptors (Lipinski definition) is 3. The van der Waals surface area contributed by atoms with E-state index in [9.17, 15) is 0 Å². The standard InChI is InChI=1S/C16H35N3/c1-14(2)18-10-12-19(13-11-18)15(3)8-7-9-17-16(4,5)6/h14-15,17H,7-13H2,1-6H3. The molecule has 0 aromatic carbocycles. The van der Waals surface area contributed by atoms with Gasteiger partial charge < -0.3 is 5.32 Å². The molecule has 0 aromatic heterocycles. The molecule has 1 heterocycles. The molecule has 1 N–H and O–H groups in total. The molecule has 0 aliphatic carbocycles. The van der Waals surface area contributed by atoms with Crippen LogP contribution in [0.2, 0.25) is 0 Å². The molecule has 0 aromatic rings. The molecule has 0 amide bonds. The van der Waals surface area contributed by atoms with E-state index in [1.54, 1.807) is 0 Å². The molecule has 1 fully saturated rings. The number of rotatable bonds is 6. The van der Waals surface area contributed by atoms with Crippen LogP contribution in [0.1, 0.15) is 54.4 Å². The summed E-state index contributed by atoms with van der Waals surface area (Å²) in [5, 5.41) is 3.58. The Morgan fingerprint density at radius 1 is 0.947 bits per heavy atom. The molecule has 3 nitrogen and oxygen atoms in total. The highest BCUT2D eigenvalue weighted by molar-refractivity contribution is 4.78. The minimum atomic E-state index is 0.256. The van der Waals surface area contributed by atoms with Gasteiger partial charge in [-0.25, -0.2) is 0 Å². The van der Waals surface area contributed by atoms with Gasteiger partial charge in [0.25, 0.3) is 0 Å². The fourth-order valence-corrected chi connectivity index (χ4v) is 2.74. The Hall–Kier alpha value is -0.120. The fraction of sp³-hybridized carbons (Fsp3) is 1.00. The van der Waals surface area contributed by atoms with Crippen molar-refractivity contribution in [2.75, 3.05) is 32.7 Å². The van der Waals surface area contributed by atoms with Crippen LogP contribution < -0.4 is 5.32 Å². The summed E-state index contributed by atoms with van der Waals surface area (Å²) in [6.07, 6.45) is 2.59. The molecule has 1 rings (SSSR count). The van der Waals surface area contributed by atoms with Crippen LogP contribution in [0.3, 0.4) is 0 Å². The number of hydrogen-bond donors (Lipinski definition) is 1. The van der Waals surface area contributed by atoms with E-state index < -0.39 is 0 Å². The predicted octanol–water partition coefficient (Wildman–Crippen LogP) is 2.57. The molecule has 1 saturated heterocycles. The first-order chi connectivity index (χ1) is 8.79. The number of piperazine rings is 1. The minimum Gasteiger partial charge on any atom is -0.312 e. The van der Waals surface area contributed by atoms with Gasteiger partial charge in [-0.3, -0.25) is 9.80 Å². The summed E-state index contributed by atoms with van der Waals surface area (Å²) in [5.41, 5.74) is 0.256. The highest BCUT2D eigenvalue weighted by Crippen LogP contribution is 2.12. The molecule has 0 spiro atoms. The maximum Gasteiger partial charge on any atom is 0.0113 e. The molecule has 1 unspecified atom stereocenters. The van der Waals surface area contributed by atoms with E-state index >= 15 is 0 Å². The smallest absolute Gasteiger partial charge is 0.0113 e. The van der Waals surface area contributed by atoms with E-state index in [2.05, 4.69) is 56.7 Å². The van der Waals surface area contributed by atoms with Crippen LogP contribution >= 0.6 is 0 Å². The maximum atomic E-state index is 3.58. The molecule has 0 bridgehead atoms. The first-order valence-electron chi connectivity index (χ1n) is 8.03. The molecular weight excluding hydrogens is 234 g/mol. The molecule has 19 heavy (non-hydrogen) atoms. The molecule has 3 heteroatoms. The summed E-state index contributed by atoms with van der Waals surface area (Å²) < 4.78 is 0. The maximum absolute atomic E-state index is 3.58. The van der Waals surface area contributed by atoms with E-state index in [-0.39, 0.29) is 5.54 Å². The molecule has 1 atom stereocenters. The normalized spacial score (nSPS) is 21.0. The number of nitrogens with one attached hydrogen (secondary N) is 1. The van der Waals surface area contributed by atoms with Gasteiger partial charge in [-0.1, -0.05) is 0 Å². The summed E-state index contributed by atoms with van der Waals surface area (Å²) in [7, 11) is 0. The van der Waals surface area contributed by atoms with E-state index in [4.69, 9.17) is 0 Å². The van der Waals surface area contributed by atoms with Crippen molar-refractivity contribution < 1.29 is 0 Å². The first kappa shape index (κ1) is 16.9. The number of nitrogens with zero attached hydrogens (tertiary/aromatic N) is 2. The third-order valence-electron chi connectivity index (χ3n) is 4.16. The van der Waals surface area contributed by atoms with Gasteiger partial charge in [0.2, 0.25) is 0 Å². The van der Waals surface area contributed by atoms with Gasteiger partial charge in [-0.2, -0.15) is 0 Å². The van der Waals surface area contributed by atoms with Crippen LogP contribution in [-0.2, 0) is 0 Å². The second-order valence-electron chi connectivity index (χ2n) is 7.33. The summed E-state index contributed by atoms with van der Waals surface area (Å²) in [4.78, 5) is 5.25. The zero-order valence-electron chi connectivity index (χ0n) is 14.0. The topological polar surface area (TPSA) is 18.5 Å². The van der Waals surface area contributed by atoms with Gasteiger partial charge in [0.05, 0.1) is 0 Å². The van der Waals surface area contributed by atoms with E-state index in [0.29, 0.717) is 6.04 Å². The van der Waals surface area contributed by atoms with Crippen molar-refractivity contribution in [3.63, 3.8) is 0 Å². The van der Waals surface area contributed by atoms with Crippen molar-refractivity contribution in [3.05, 3.63) is 0 Å². The Labute approximate surface area is 120 Å². The summed E-state index contributed by atoms with van der Waals surface area (Å²) in [6.45, 7) is 19.8. The summed E-state index contributed by atoms with van der Waals surface area (Å²) in [6, 6.07) is 1.43. The van der Waals surface area contributed by atoms with E-state index in [1.165, 1.54) is 39.0 Å². The zero-order chi connectivity index (χ0) is 14.5. The monoisotopic (exact) mass is 269 g/mol. The van der Waals surface area contributed by atoms with Crippen molar-refractivity contribution in [1.29, 1.82) is 0 Å². The van der Waals surface area contributed by atoms with Gasteiger partial charge in [-0.15, -0.1) is 0 Å². The Balaban J connectivity index is 2.15.